The van der Waals surface area contributed by atoms with Crippen molar-refractivity contribution in [2.75, 3.05) is 21.3 Å². The molecular weight excluding hydrogens is 285 g/mol. The minimum Gasteiger partial charge on any atom is -0.493 e. The van der Waals surface area contributed by atoms with Gasteiger partial charge in [0.25, 0.3) is 0 Å². The highest BCUT2D eigenvalue weighted by atomic mass is 19.1. The Morgan fingerprint density at radius 3 is 2.14 bits per heavy atom. The SMILES string of the molecule is COc1ccc(CNCc2ccccc2F)c(OC)c1OC. The number of nitrogens with one attached hydrogen (secondary N) is 1. The molecule has 0 aliphatic carbocycles. The molecule has 0 aliphatic rings. The molecule has 0 heterocycles. The van der Waals surface area contributed by atoms with E-state index in [2.05, 4.69) is 5.32 Å². The lowest BCUT2D eigenvalue weighted by Crippen LogP contribution is -2.14. The maximum Gasteiger partial charge on any atom is 0.203 e. The third-order valence-corrected chi connectivity index (χ3v) is 3.37. The number of ether oxygens (including phenoxy) is 3. The van der Waals surface area contributed by atoms with E-state index < -0.39 is 0 Å². The van der Waals surface area contributed by atoms with E-state index in [0.717, 1.165) is 5.56 Å². The first-order valence-electron chi connectivity index (χ1n) is 6.93. The third-order valence-electron chi connectivity index (χ3n) is 3.37. The predicted molar refractivity (Wildman–Crippen MR) is 83.0 cm³/mol. The van der Waals surface area contributed by atoms with Crippen molar-refractivity contribution >= 4 is 0 Å². The topological polar surface area (TPSA) is 39.7 Å². The first-order valence-corrected chi connectivity index (χ1v) is 6.93. The fourth-order valence-corrected chi connectivity index (χ4v) is 2.28. The standard InChI is InChI=1S/C17H20FNO3/c1-20-15-9-8-13(16(21-2)17(15)22-3)11-19-10-12-6-4-5-7-14(12)18/h4-9,19H,10-11H2,1-3H3. The van der Waals surface area contributed by atoms with Crippen LogP contribution in [-0.2, 0) is 13.1 Å². The number of hydrogen-bond acceptors (Lipinski definition) is 4. The largest absolute Gasteiger partial charge is 0.493 e. The summed E-state index contributed by atoms with van der Waals surface area (Å²) in [5, 5.41) is 3.21. The summed E-state index contributed by atoms with van der Waals surface area (Å²) < 4.78 is 29.6. The van der Waals surface area contributed by atoms with Crippen molar-refractivity contribution in [2.24, 2.45) is 0 Å². The van der Waals surface area contributed by atoms with Crippen LogP contribution in [0.15, 0.2) is 36.4 Å². The molecule has 2 rings (SSSR count). The minimum atomic E-state index is -0.214. The maximum atomic E-state index is 13.6. The molecule has 0 bridgehead atoms. The number of methoxy groups -OCH3 is 3. The lowest BCUT2D eigenvalue weighted by Gasteiger charge is -2.16. The molecule has 0 amide bonds. The Morgan fingerprint density at radius 2 is 1.50 bits per heavy atom. The first kappa shape index (κ1) is 16.1. The highest BCUT2D eigenvalue weighted by Crippen LogP contribution is 2.39. The van der Waals surface area contributed by atoms with Crippen LogP contribution in [0, 0.1) is 5.82 Å². The summed E-state index contributed by atoms with van der Waals surface area (Å²) in [5.41, 5.74) is 1.54. The molecule has 0 aliphatic heterocycles. The smallest absolute Gasteiger partial charge is 0.203 e. The molecular formula is C17H20FNO3. The van der Waals surface area contributed by atoms with Crippen LogP contribution in [0.1, 0.15) is 11.1 Å². The molecule has 2 aromatic rings. The fraction of sp³-hybridized carbons (Fsp3) is 0.294. The van der Waals surface area contributed by atoms with Gasteiger partial charge < -0.3 is 19.5 Å². The molecule has 0 fully saturated rings. The van der Waals surface area contributed by atoms with Gasteiger partial charge in [-0.2, -0.15) is 0 Å². The monoisotopic (exact) mass is 305 g/mol. The summed E-state index contributed by atoms with van der Waals surface area (Å²) in [6.45, 7) is 0.960. The Morgan fingerprint density at radius 1 is 0.818 bits per heavy atom. The average molecular weight is 305 g/mol. The van der Waals surface area contributed by atoms with Crippen molar-refractivity contribution in [1.29, 1.82) is 0 Å². The van der Waals surface area contributed by atoms with Gasteiger partial charge >= 0.3 is 0 Å². The van der Waals surface area contributed by atoms with Crippen LogP contribution in [-0.4, -0.2) is 21.3 Å². The fourth-order valence-electron chi connectivity index (χ4n) is 2.28. The molecule has 0 saturated carbocycles. The normalized spacial score (nSPS) is 10.4. The van der Waals surface area contributed by atoms with Crippen molar-refractivity contribution in [2.45, 2.75) is 13.1 Å². The first-order chi connectivity index (χ1) is 10.7. The summed E-state index contributed by atoms with van der Waals surface area (Å²) in [6.07, 6.45) is 0. The molecule has 22 heavy (non-hydrogen) atoms. The Bertz CT molecular complexity index is 631. The van der Waals surface area contributed by atoms with Gasteiger partial charge in [-0.1, -0.05) is 24.3 Å². The summed E-state index contributed by atoms with van der Waals surface area (Å²) in [7, 11) is 4.72. The van der Waals surface area contributed by atoms with Crippen LogP contribution in [0.2, 0.25) is 0 Å². The van der Waals surface area contributed by atoms with Gasteiger partial charge in [-0.15, -0.1) is 0 Å². The highest BCUT2D eigenvalue weighted by Gasteiger charge is 2.15. The molecule has 118 valence electrons. The Hall–Kier alpha value is -2.27. The van der Waals surface area contributed by atoms with Crippen LogP contribution in [0.3, 0.4) is 0 Å². The molecule has 2 aromatic carbocycles. The van der Waals surface area contributed by atoms with Gasteiger partial charge in [0.15, 0.2) is 11.5 Å². The molecule has 1 N–H and O–H groups in total. The van der Waals surface area contributed by atoms with E-state index >= 15 is 0 Å². The van der Waals surface area contributed by atoms with Gasteiger partial charge in [-0.05, 0) is 12.1 Å². The van der Waals surface area contributed by atoms with Gasteiger partial charge in [0, 0.05) is 24.2 Å². The summed E-state index contributed by atoms with van der Waals surface area (Å²) >= 11 is 0. The van der Waals surface area contributed by atoms with Crippen molar-refractivity contribution in [3.8, 4) is 17.2 Å². The number of benzene rings is 2. The number of halogens is 1. The predicted octanol–water partition coefficient (Wildman–Crippen LogP) is 3.14. The minimum absolute atomic E-state index is 0.214. The van der Waals surface area contributed by atoms with Gasteiger partial charge in [0.1, 0.15) is 5.82 Å². The average Bonchev–Trinajstić information content (AvgIpc) is 2.55. The summed E-state index contributed by atoms with van der Waals surface area (Å²) in [5.74, 6) is 1.56. The Balaban J connectivity index is 2.11. The number of rotatable bonds is 7. The molecule has 0 radical (unpaired) electrons. The third kappa shape index (κ3) is 3.49. The van der Waals surface area contributed by atoms with Crippen molar-refractivity contribution in [3.63, 3.8) is 0 Å². The quantitative estimate of drug-likeness (QED) is 0.853. The highest BCUT2D eigenvalue weighted by molar-refractivity contribution is 5.55. The maximum absolute atomic E-state index is 13.6. The van der Waals surface area contributed by atoms with E-state index in [-0.39, 0.29) is 5.82 Å². The Kier molecular flexibility index (Phi) is 5.61. The van der Waals surface area contributed by atoms with Crippen molar-refractivity contribution in [1.82, 2.24) is 5.32 Å². The van der Waals surface area contributed by atoms with Gasteiger partial charge in [0.05, 0.1) is 21.3 Å². The summed E-state index contributed by atoms with van der Waals surface area (Å²) in [6, 6.07) is 10.4. The second-order valence-corrected chi connectivity index (χ2v) is 4.69. The molecule has 0 saturated heterocycles. The van der Waals surface area contributed by atoms with Crippen molar-refractivity contribution < 1.29 is 18.6 Å². The van der Waals surface area contributed by atoms with E-state index in [1.807, 2.05) is 18.2 Å². The molecule has 0 spiro atoms. The van der Waals surface area contributed by atoms with E-state index in [1.165, 1.54) is 6.07 Å². The molecule has 0 atom stereocenters. The van der Waals surface area contributed by atoms with E-state index in [1.54, 1.807) is 33.5 Å². The van der Waals surface area contributed by atoms with E-state index in [0.29, 0.717) is 35.9 Å². The Labute approximate surface area is 129 Å². The molecule has 0 unspecified atom stereocenters. The van der Waals surface area contributed by atoms with Crippen LogP contribution >= 0.6 is 0 Å². The zero-order valence-corrected chi connectivity index (χ0v) is 13.0. The molecule has 4 nitrogen and oxygen atoms in total. The second-order valence-electron chi connectivity index (χ2n) is 4.69. The second kappa shape index (κ2) is 7.66. The van der Waals surface area contributed by atoms with Gasteiger partial charge in [-0.3, -0.25) is 0 Å². The molecule has 5 heteroatoms. The molecule has 0 aromatic heterocycles. The van der Waals surface area contributed by atoms with Crippen molar-refractivity contribution in [3.05, 3.63) is 53.3 Å². The zero-order valence-electron chi connectivity index (χ0n) is 13.0. The summed E-state index contributed by atoms with van der Waals surface area (Å²) in [4.78, 5) is 0. The van der Waals surface area contributed by atoms with Crippen LogP contribution in [0.5, 0.6) is 17.2 Å². The van der Waals surface area contributed by atoms with Gasteiger partial charge in [0.2, 0.25) is 5.75 Å². The lowest BCUT2D eigenvalue weighted by molar-refractivity contribution is 0.321. The van der Waals surface area contributed by atoms with Crippen LogP contribution in [0.25, 0.3) is 0 Å². The lowest BCUT2D eigenvalue weighted by atomic mass is 10.1. The van der Waals surface area contributed by atoms with E-state index in [4.69, 9.17) is 14.2 Å². The van der Waals surface area contributed by atoms with Gasteiger partial charge in [-0.25, -0.2) is 4.39 Å². The zero-order chi connectivity index (χ0) is 15.9. The van der Waals surface area contributed by atoms with E-state index in [9.17, 15) is 4.39 Å². The number of hydrogen-bond donors (Lipinski definition) is 1. The van der Waals surface area contributed by atoms with Crippen LogP contribution < -0.4 is 19.5 Å². The van der Waals surface area contributed by atoms with Crippen LogP contribution in [0.4, 0.5) is 4.39 Å².